The van der Waals surface area contributed by atoms with Crippen LogP contribution in [-0.2, 0) is 0 Å². The topological polar surface area (TPSA) is 35.2 Å². The monoisotopic (exact) mass is 273 g/mol. The van der Waals surface area contributed by atoms with Crippen molar-refractivity contribution in [3.05, 3.63) is 64.5 Å². The molecule has 0 aliphatic carbocycles. The van der Waals surface area contributed by atoms with E-state index in [-0.39, 0.29) is 5.82 Å². The van der Waals surface area contributed by atoms with Gasteiger partial charge in [0.25, 0.3) is 0 Å². The first kappa shape index (κ1) is 14.5. The summed E-state index contributed by atoms with van der Waals surface area (Å²) in [7, 11) is 0. The Morgan fingerprint density at radius 3 is 2.50 bits per heavy atom. The van der Waals surface area contributed by atoms with E-state index in [0.29, 0.717) is 6.61 Å². The van der Waals surface area contributed by atoms with E-state index >= 15 is 0 Å². The van der Waals surface area contributed by atoms with Crippen molar-refractivity contribution in [1.29, 1.82) is 0 Å². The van der Waals surface area contributed by atoms with Crippen molar-refractivity contribution in [2.75, 3.05) is 6.61 Å². The molecule has 0 bridgehead atoms. The molecular formula is C17H20FNO. The fourth-order valence-corrected chi connectivity index (χ4v) is 2.32. The van der Waals surface area contributed by atoms with E-state index in [1.807, 2.05) is 45.0 Å². The Morgan fingerprint density at radius 1 is 1.10 bits per heavy atom. The van der Waals surface area contributed by atoms with Crippen LogP contribution in [0, 0.1) is 19.7 Å². The zero-order valence-electron chi connectivity index (χ0n) is 12.1. The Balaban J connectivity index is 2.46. The summed E-state index contributed by atoms with van der Waals surface area (Å²) in [5.74, 6) is 0.494. The highest BCUT2D eigenvalue weighted by molar-refractivity contribution is 5.44. The van der Waals surface area contributed by atoms with Gasteiger partial charge in [-0.1, -0.05) is 23.8 Å². The summed E-state index contributed by atoms with van der Waals surface area (Å²) < 4.78 is 19.2. The summed E-state index contributed by atoms with van der Waals surface area (Å²) in [6, 6.07) is 10.4. The van der Waals surface area contributed by atoms with Gasteiger partial charge in [0.15, 0.2) is 0 Å². The van der Waals surface area contributed by atoms with Gasteiger partial charge in [-0.2, -0.15) is 0 Å². The predicted molar refractivity (Wildman–Crippen MR) is 79.5 cm³/mol. The Bertz CT molecular complexity index is 590. The molecule has 20 heavy (non-hydrogen) atoms. The van der Waals surface area contributed by atoms with Gasteiger partial charge in [-0.3, -0.25) is 0 Å². The number of ether oxygens (including phenoxy) is 1. The summed E-state index contributed by atoms with van der Waals surface area (Å²) in [5, 5.41) is 0. The minimum Gasteiger partial charge on any atom is -0.494 e. The van der Waals surface area contributed by atoms with E-state index in [9.17, 15) is 4.39 Å². The molecule has 0 amide bonds. The Labute approximate surface area is 119 Å². The molecule has 1 atom stereocenters. The predicted octanol–water partition coefficient (Wildman–Crippen LogP) is 3.89. The molecule has 2 aromatic carbocycles. The second-order valence-electron chi connectivity index (χ2n) is 5.01. The summed E-state index contributed by atoms with van der Waals surface area (Å²) in [6.07, 6.45) is 0. The molecule has 0 spiro atoms. The van der Waals surface area contributed by atoms with E-state index < -0.39 is 6.04 Å². The number of rotatable bonds is 4. The molecule has 0 saturated carbocycles. The molecule has 0 aromatic heterocycles. The lowest BCUT2D eigenvalue weighted by atomic mass is 9.96. The second-order valence-corrected chi connectivity index (χ2v) is 5.01. The minimum absolute atomic E-state index is 0.263. The third-order valence-corrected chi connectivity index (χ3v) is 3.22. The van der Waals surface area contributed by atoms with E-state index in [2.05, 4.69) is 0 Å². The molecule has 3 heteroatoms. The molecule has 2 aromatic rings. The van der Waals surface area contributed by atoms with Crippen molar-refractivity contribution >= 4 is 0 Å². The second kappa shape index (κ2) is 6.06. The van der Waals surface area contributed by atoms with Crippen LogP contribution in [0.5, 0.6) is 5.75 Å². The van der Waals surface area contributed by atoms with Crippen LogP contribution >= 0.6 is 0 Å². The van der Waals surface area contributed by atoms with Crippen LogP contribution < -0.4 is 10.5 Å². The molecule has 106 valence electrons. The minimum atomic E-state index is -0.397. The lowest BCUT2D eigenvalue weighted by Crippen LogP contribution is -2.14. The van der Waals surface area contributed by atoms with E-state index in [1.54, 1.807) is 0 Å². The standard InChI is InChI=1S/C17H20FNO/c1-4-20-16-6-5-11(2)9-15(16)17(19)13-7-12(3)8-14(18)10-13/h5-10,17H,4,19H2,1-3H3. The lowest BCUT2D eigenvalue weighted by Gasteiger charge is -2.18. The normalized spacial score (nSPS) is 12.2. The Hall–Kier alpha value is -1.87. The maximum absolute atomic E-state index is 13.5. The molecule has 0 aliphatic heterocycles. The first-order chi connectivity index (χ1) is 9.51. The highest BCUT2D eigenvalue weighted by Gasteiger charge is 2.15. The van der Waals surface area contributed by atoms with Gasteiger partial charge < -0.3 is 10.5 Å². The van der Waals surface area contributed by atoms with Crippen molar-refractivity contribution in [3.8, 4) is 5.75 Å². The van der Waals surface area contributed by atoms with Crippen LogP contribution in [0.1, 0.15) is 35.2 Å². The highest BCUT2D eigenvalue weighted by Crippen LogP contribution is 2.30. The molecular weight excluding hydrogens is 253 g/mol. The maximum atomic E-state index is 13.5. The summed E-state index contributed by atoms with van der Waals surface area (Å²) in [5.41, 5.74) is 9.92. The number of halogens is 1. The van der Waals surface area contributed by atoms with Gasteiger partial charge in [0.05, 0.1) is 12.6 Å². The van der Waals surface area contributed by atoms with Gasteiger partial charge in [0.1, 0.15) is 11.6 Å². The zero-order chi connectivity index (χ0) is 14.7. The number of benzene rings is 2. The van der Waals surface area contributed by atoms with Gasteiger partial charge in [0.2, 0.25) is 0 Å². The maximum Gasteiger partial charge on any atom is 0.124 e. The first-order valence-corrected chi connectivity index (χ1v) is 6.77. The van der Waals surface area contributed by atoms with Gasteiger partial charge in [0, 0.05) is 5.56 Å². The number of nitrogens with two attached hydrogens (primary N) is 1. The molecule has 0 fully saturated rings. The quantitative estimate of drug-likeness (QED) is 0.917. The molecule has 0 heterocycles. The molecule has 1 unspecified atom stereocenters. The molecule has 2 rings (SSSR count). The highest BCUT2D eigenvalue weighted by atomic mass is 19.1. The van der Waals surface area contributed by atoms with Gasteiger partial charge in [-0.25, -0.2) is 4.39 Å². The van der Waals surface area contributed by atoms with Crippen molar-refractivity contribution in [2.45, 2.75) is 26.8 Å². The number of hydrogen-bond acceptors (Lipinski definition) is 2. The lowest BCUT2D eigenvalue weighted by molar-refractivity contribution is 0.335. The third kappa shape index (κ3) is 3.17. The molecule has 2 nitrogen and oxygen atoms in total. The molecule has 0 aliphatic rings. The van der Waals surface area contributed by atoms with Gasteiger partial charge in [-0.15, -0.1) is 0 Å². The molecule has 0 radical (unpaired) electrons. The largest absolute Gasteiger partial charge is 0.494 e. The van der Waals surface area contributed by atoms with Crippen molar-refractivity contribution in [3.63, 3.8) is 0 Å². The van der Waals surface area contributed by atoms with Crippen molar-refractivity contribution in [2.24, 2.45) is 5.73 Å². The zero-order valence-corrected chi connectivity index (χ0v) is 12.1. The summed E-state index contributed by atoms with van der Waals surface area (Å²) in [4.78, 5) is 0. The first-order valence-electron chi connectivity index (χ1n) is 6.77. The summed E-state index contributed by atoms with van der Waals surface area (Å²) >= 11 is 0. The van der Waals surface area contributed by atoms with Crippen LogP contribution in [0.4, 0.5) is 4.39 Å². The van der Waals surface area contributed by atoms with Crippen LogP contribution in [0.3, 0.4) is 0 Å². The van der Waals surface area contributed by atoms with Crippen molar-refractivity contribution < 1.29 is 9.13 Å². The van der Waals surface area contributed by atoms with E-state index in [4.69, 9.17) is 10.5 Å². The Kier molecular flexibility index (Phi) is 4.40. The van der Waals surface area contributed by atoms with Crippen LogP contribution in [0.15, 0.2) is 36.4 Å². The third-order valence-electron chi connectivity index (χ3n) is 3.22. The Morgan fingerprint density at radius 2 is 1.85 bits per heavy atom. The fraction of sp³-hybridized carbons (Fsp3) is 0.294. The van der Waals surface area contributed by atoms with Crippen LogP contribution in [0.2, 0.25) is 0 Å². The molecule has 0 saturated heterocycles. The van der Waals surface area contributed by atoms with Gasteiger partial charge >= 0.3 is 0 Å². The van der Waals surface area contributed by atoms with Crippen LogP contribution in [-0.4, -0.2) is 6.61 Å². The van der Waals surface area contributed by atoms with E-state index in [1.165, 1.54) is 12.1 Å². The number of hydrogen-bond donors (Lipinski definition) is 1. The summed E-state index contributed by atoms with van der Waals surface area (Å²) in [6.45, 7) is 6.37. The van der Waals surface area contributed by atoms with Crippen LogP contribution in [0.25, 0.3) is 0 Å². The fourth-order valence-electron chi connectivity index (χ4n) is 2.32. The van der Waals surface area contributed by atoms with Gasteiger partial charge in [-0.05, 0) is 50.1 Å². The van der Waals surface area contributed by atoms with Crippen molar-refractivity contribution in [1.82, 2.24) is 0 Å². The smallest absolute Gasteiger partial charge is 0.124 e. The average molecular weight is 273 g/mol. The molecule has 2 N–H and O–H groups in total. The average Bonchev–Trinajstić information content (AvgIpc) is 2.39. The SMILES string of the molecule is CCOc1ccc(C)cc1C(N)c1cc(C)cc(F)c1. The van der Waals surface area contributed by atoms with E-state index in [0.717, 1.165) is 28.0 Å². The number of aryl methyl sites for hydroxylation is 2.